The molecule has 5 heteroatoms. The van der Waals surface area contributed by atoms with Crippen LogP contribution < -0.4 is 0 Å². The smallest absolute Gasteiger partial charge is 0.407 e. The molecule has 0 aliphatic carbocycles. The van der Waals surface area contributed by atoms with Gasteiger partial charge in [0.05, 0.1) is 6.04 Å². The van der Waals surface area contributed by atoms with Crippen LogP contribution >= 0.6 is 0 Å². The summed E-state index contributed by atoms with van der Waals surface area (Å²) in [6, 6.07) is 3.96. The zero-order chi connectivity index (χ0) is 12.4. The molecule has 0 radical (unpaired) electrons. The molecule has 1 aromatic rings. The number of hydrogen-bond donors (Lipinski definition) is 3. The standard InChI is InChI=1S/C12H15NO4/c14-8-4-5-9(11(15)7-8)10-3-1-2-6-13(10)12(16)17/h4-5,7,10,14-15H,1-3,6H2,(H,16,17). The first-order valence-electron chi connectivity index (χ1n) is 5.61. The molecule has 17 heavy (non-hydrogen) atoms. The molecule has 92 valence electrons. The van der Waals surface area contributed by atoms with Gasteiger partial charge in [0.1, 0.15) is 11.5 Å². The zero-order valence-corrected chi connectivity index (χ0v) is 9.33. The molecule has 1 aromatic carbocycles. The van der Waals surface area contributed by atoms with Crippen molar-refractivity contribution in [1.29, 1.82) is 0 Å². The molecule has 0 aromatic heterocycles. The third kappa shape index (κ3) is 2.27. The van der Waals surface area contributed by atoms with E-state index >= 15 is 0 Å². The number of piperidine rings is 1. The van der Waals surface area contributed by atoms with Gasteiger partial charge in [-0.2, -0.15) is 0 Å². The SMILES string of the molecule is O=C(O)N1CCCCC1c1ccc(O)cc1O. The van der Waals surface area contributed by atoms with Crippen molar-refractivity contribution in [2.75, 3.05) is 6.54 Å². The summed E-state index contributed by atoms with van der Waals surface area (Å²) in [6.45, 7) is 0.486. The van der Waals surface area contributed by atoms with E-state index in [1.807, 2.05) is 0 Å². The molecule has 1 atom stereocenters. The molecule has 2 rings (SSSR count). The second kappa shape index (κ2) is 4.53. The minimum absolute atomic E-state index is 0.0241. The van der Waals surface area contributed by atoms with Crippen LogP contribution in [0.15, 0.2) is 18.2 Å². The number of nitrogens with zero attached hydrogens (tertiary/aromatic N) is 1. The highest BCUT2D eigenvalue weighted by atomic mass is 16.4. The molecule has 1 heterocycles. The van der Waals surface area contributed by atoms with E-state index in [1.54, 1.807) is 6.07 Å². The zero-order valence-electron chi connectivity index (χ0n) is 9.33. The van der Waals surface area contributed by atoms with Gasteiger partial charge in [-0.15, -0.1) is 0 Å². The van der Waals surface area contributed by atoms with Gasteiger partial charge in [-0.3, -0.25) is 0 Å². The summed E-state index contributed by atoms with van der Waals surface area (Å²) < 4.78 is 0. The molecular weight excluding hydrogens is 222 g/mol. The quantitative estimate of drug-likeness (QED) is 0.700. The molecule has 0 bridgehead atoms. The third-order valence-electron chi connectivity index (χ3n) is 3.12. The van der Waals surface area contributed by atoms with Crippen molar-refractivity contribution in [1.82, 2.24) is 4.90 Å². The Kier molecular flexibility index (Phi) is 3.08. The number of likely N-dealkylation sites (tertiary alicyclic amines) is 1. The molecule has 1 aliphatic rings. The first-order valence-corrected chi connectivity index (χ1v) is 5.61. The van der Waals surface area contributed by atoms with Crippen molar-refractivity contribution in [3.8, 4) is 11.5 Å². The fourth-order valence-electron chi connectivity index (χ4n) is 2.30. The average Bonchev–Trinajstić information content (AvgIpc) is 2.29. The van der Waals surface area contributed by atoms with Gasteiger partial charge in [0, 0.05) is 18.2 Å². The van der Waals surface area contributed by atoms with Gasteiger partial charge < -0.3 is 20.2 Å². The van der Waals surface area contributed by atoms with Crippen molar-refractivity contribution >= 4 is 6.09 Å². The predicted molar refractivity (Wildman–Crippen MR) is 61.1 cm³/mol. The third-order valence-corrected chi connectivity index (χ3v) is 3.12. The van der Waals surface area contributed by atoms with E-state index in [4.69, 9.17) is 5.11 Å². The van der Waals surface area contributed by atoms with Crippen LogP contribution in [0, 0.1) is 0 Å². The number of phenols is 2. The van der Waals surface area contributed by atoms with Gasteiger partial charge in [-0.25, -0.2) is 4.79 Å². The molecule has 5 nitrogen and oxygen atoms in total. The molecular formula is C12H15NO4. The first-order chi connectivity index (χ1) is 8.09. The molecule has 1 aliphatic heterocycles. The number of phenolic OH excluding ortho intramolecular Hbond substituents is 2. The van der Waals surface area contributed by atoms with E-state index in [9.17, 15) is 15.0 Å². The highest BCUT2D eigenvalue weighted by Crippen LogP contribution is 2.36. The van der Waals surface area contributed by atoms with Gasteiger partial charge in [-0.1, -0.05) is 0 Å². The van der Waals surface area contributed by atoms with Gasteiger partial charge in [0.15, 0.2) is 0 Å². The van der Waals surface area contributed by atoms with Gasteiger partial charge in [-0.05, 0) is 31.4 Å². The van der Waals surface area contributed by atoms with Crippen molar-refractivity contribution < 1.29 is 20.1 Å². The summed E-state index contributed by atoms with van der Waals surface area (Å²) in [5.41, 5.74) is 0.560. The van der Waals surface area contributed by atoms with Crippen LogP contribution in [0.25, 0.3) is 0 Å². The second-order valence-corrected chi connectivity index (χ2v) is 4.23. The van der Waals surface area contributed by atoms with Crippen LogP contribution in [0.5, 0.6) is 11.5 Å². The van der Waals surface area contributed by atoms with E-state index in [-0.39, 0.29) is 17.5 Å². The Balaban J connectivity index is 2.32. The Bertz CT molecular complexity index is 433. The Morgan fingerprint density at radius 2 is 2.06 bits per heavy atom. The van der Waals surface area contributed by atoms with Crippen LogP contribution in [-0.2, 0) is 0 Å². The maximum Gasteiger partial charge on any atom is 0.407 e. The highest BCUT2D eigenvalue weighted by Gasteiger charge is 2.29. The second-order valence-electron chi connectivity index (χ2n) is 4.23. The predicted octanol–water partition coefficient (Wildman–Crippen LogP) is 2.30. The fraction of sp³-hybridized carbons (Fsp3) is 0.417. The van der Waals surface area contributed by atoms with E-state index in [2.05, 4.69) is 0 Å². The van der Waals surface area contributed by atoms with Gasteiger partial charge >= 0.3 is 6.09 Å². The number of benzene rings is 1. The van der Waals surface area contributed by atoms with Crippen LogP contribution in [0.4, 0.5) is 4.79 Å². The lowest BCUT2D eigenvalue weighted by molar-refractivity contribution is 0.106. The lowest BCUT2D eigenvalue weighted by atomic mass is 9.95. The number of amides is 1. The van der Waals surface area contributed by atoms with Gasteiger partial charge in [0.2, 0.25) is 0 Å². The summed E-state index contributed by atoms with van der Waals surface area (Å²) in [6.07, 6.45) is 1.52. The van der Waals surface area contributed by atoms with Crippen LogP contribution in [0.3, 0.4) is 0 Å². The van der Waals surface area contributed by atoms with Crippen molar-refractivity contribution in [2.24, 2.45) is 0 Å². The van der Waals surface area contributed by atoms with E-state index in [1.165, 1.54) is 17.0 Å². The molecule has 0 saturated carbocycles. The number of rotatable bonds is 1. The minimum Gasteiger partial charge on any atom is -0.508 e. The summed E-state index contributed by atoms with van der Waals surface area (Å²) in [5.74, 6) is -0.0768. The van der Waals surface area contributed by atoms with E-state index in [0.29, 0.717) is 18.5 Å². The fourth-order valence-corrected chi connectivity index (χ4v) is 2.30. The Hall–Kier alpha value is -1.91. The largest absolute Gasteiger partial charge is 0.508 e. The molecule has 3 N–H and O–H groups in total. The summed E-state index contributed by atoms with van der Waals surface area (Å²) in [7, 11) is 0. The molecule has 1 unspecified atom stereocenters. The summed E-state index contributed by atoms with van der Waals surface area (Å²) in [5, 5.41) is 28.1. The number of carboxylic acid groups (broad SMARTS) is 1. The maximum atomic E-state index is 11.1. The maximum absolute atomic E-state index is 11.1. The molecule has 1 saturated heterocycles. The lowest BCUT2D eigenvalue weighted by Gasteiger charge is -2.34. The van der Waals surface area contributed by atoms with Gasteiger partial charge in [0.25, 0.3) is 0 Å². The van der Waals surface area contributed by atoms with Crippen LogP contribution in [0.1, 0.15) is 30.9 Å². The van der Waals surface area contributed by atoms with Crippen molar-refractivity contribution in [2.45, 2.75) is 25.3 Å². The van der Waals surface area contributed by atoms with Crippen LogP contribution in [0.2, 0.25) is 0 Å². The van der Waals surface area contributed by atoms with E-state index in [0.717, 1.165) is 12.8 Å². The number of hydrogen-bond acceptors (Lipinski definition) is 3. The number of carbonyl (C=O) groups is 1. The van der Waals surface area contributed by atoms with E-state index < -0.39 is 6.09 Å². The van der Waals surface area contributed by atoms with Crippen molar-refractivity contribution in [3.63, 3.8) is 0 Å². The highest BCUT2D eigenvalue weighted by molar-refractivity contribution is 5.66. The Morgan fingerprint density at radius 3 is 2.71 bits per heavy atom. The lowest BCUT2D eigenvalue weighted by Crippen LogP contribution is -2.37. The first kappa shape index (κ1) is 11.6. The van der Waals surface area contributed by atoms with Crippen molar-refractivity contribution in [3.05, 3.63) is 23.8 Å². The Labute approximate surface area is 98.9 Å². The normalized spacial score (nSPS) is 20.2. The topological polar surface area (TPSA) is 81.0 Å². The van der Waals surface area contributed by atoms with Crippen LogP contribution in [-0.4, -0.2) is 32.9 Å². The molecule has 0 spiro atoms. The monoisotopic (exact) mass is 237 g/mol. The summed E-state index contributed by atoms with van der Waals surface area (Å²) >= 11 is 0. The average molecular weight is 237 g/mol. The molecule has 1 fully saturated rings. The molecule has 1 amide bonds. The summed E-state index contributed by atoms with van der Waals surface area (Å²) in [4.78, 5) is 12.5. The number of aromatic hydroxyl groups is 2. The Morgan fingerprint density at radius 1 is 1.29 bits per heavy atom. The minimum atomic E-state index is -0.970.